The summed E-state index contributed by atoms with van der Waals surface area (Å²) < 4.78 is 0. The Hall–Kier alpha value is -2.72. The van der Waals surface area contributed by atoms with Gasteiger partial charge in [-0.2, -0.15) is 0 Å². The van der Waals surface area contributed by atoms with Gasteiger partial charge in [0.15, 0.2) is 0 Å². The Balaban J connectivity index is 1.16. The van der Waals surface area contributed by atoms with Crippen molar-refractivity contribution in [1.82, 2.24) is 10.3 Å². The van der Waals surface area contributed by atoms with Crippen LogP contribution in [0.25, 0.3) is 5.57 Å². The number of rotatable bonds is 8. The van der Waals surface area contributed by atoms with E-state index in [0.29, 0.717) is 39.6 Å². The number of pyridine rings is 1. The highest BCUT2D eigenvalue weighted by Gasteiger charge is 2.70. The van der Waals surface area contributed by atoms with E-state index < -0.39 is 5.97 Å². The molecule has 2 N–H and O–H groups in total. The van der Waals surface area contributed by atoms with Crippen molar-refractivity contribution in [2.24, 2.45) is 56.7 Å². The van der Waals surface area contributed by atoms with E-state index in [9.17, 15) is 9.90 Å². The predicted octanol–water partition coefficient (Wildman–Crippen LogP) is 10.3. The first-order chi connectivity index (χ1) is 22.8. The second kappa shape index (κ2) is 12.0. The van der Waals surface area contributed by atoms with Crippen molar-refractivity contribution in [2.45, 2.75) is 106 Å². The first-order valence-electron chi connectivity index (χ1n) is 19.1. The van der Waals surface area contributed by atoms with Crippen LogP contribution in [0.3, 0.4) is 0 Å². The number of nitrogens with zero attached hydrogens (tertiary/aromatic N) is 1. The molecule has 258 valence electrons. The molecule has 7 rings (SSSR count). The van der Waals surface area contributed by atoms with Gasteiger partial charge in [-0.15, -0.1) is 0 Å². The Bertz CT molecular complexity index is 1580. The Morgan fingerprint density at radius 3 is 2.38 bits per heavy atom. The molecule has 9 unspecified atom stereocenters. The number of carboxylic acids is 1. The Kier molecular flexibility index (Phi) is 8.41. The highest BCUT2D eigenvalue weighted by atomic mass is 16.4. The summed E-state index contributed by atoms with van der Waals surface area (Å²) in [7, 11) is 0. The van der Waals surface area contributed by atoms with Gasteiger partial charge in [-0.1, -0.05) is 71.0 Å². The maximum Gasteiger partial charge on any atom is 0.335 e. The lowest BCUT2D eigenvalue weighted by Crippen LogP contribution is -2.65. The van der Waals surface area contributed by atoms with Crippen LogP contribution >= 0.6 is 0 Å². The molecule has 1 heterocycles. The maximum absolute atomic E-state index is 11.5. The zero-order valence-electron chi connectivity index (χ0n) is 30.6. The largest absolute Gasteiger partial charge is 0.478 e. The van der Waals surface area contributed by atoms with Crippen molar-refractivity contribution in [3.63, 3.8) is 0 Å². The van der Waals surface area contributed by atoms with E-state index >= 15 is 0 Å². The lowest BCUT2D eigenvalue weighted by atomic mass is 9.32. The molecule has 48 heavy (non-hydrogen) atoms. The molecule has 5 aliphatic rings. The molecule has 4 heteroatoms. The standard InChI is InChI=1S/C44H60N2O2/c1-29(2)33-17-23-44(28-45-27-20-32-10-8-9-26-46-32)25-24-42(6)35(38(33)44)15-16-37-41(5)21-18-34(30-11-13-31(14-12-30)39(47)48)40(3,4)36(41)19-22-43(37,42)7/h8-14,18,26,33,35-38,45H,1,15-17,19-25,27-28H2,2-7H3,(H,47,48). The lowest BCUT2D eigenvalue weighted by Gasteiger charge is -2.72. The number of hydrogen-bond donors (Lipinski definition) is 2. The molecule has 0 spiro atoms. The average molecular weight is 649 g/mol. The monoisotopic (exact) mass is 648 g/mol. The van der Waals surface area contributed by atoms with E-state index in [2.05, 4.69) is 76.6 Å². The van der Waals surface area contributed by atoms with Crippen LogP contribution in [0.15, 0.2) is 66.9 Å². The molecule has 0 amide bonds. The molecule has 0 saturated heterocycles. The van der Waals surface area contributed by atoms with E-state index in [0.717, 1.165) is 37.8 Å². The van der Waals surface area contributed by atoms with Gasteiger partial charge in [0.1, 0.15) is 0 Å². The lowest BCUT2D eigenvalue weighted by molar-refractivity contribution is -0.225. The summed E-state index contributed by atoms with van der Waals surface area (Å²) in [6.07, 6.45) is 17.2. The summed E-state index contributed by atoms with van der Waals surface area (Å²) in [6.45, 7) is 22.2. The number of fused-ring (bicyclic) bond motifs is 7. The van der Waals surface area contributed by atoms with Gasteiger partial charge in [0.05, 0.1) is 5.56 Å². The molecule has 4 fully saturated rings. The fraction of sp³-hybridized carbons (Fsp3) is 0.636. The highest BCUT2D eigenvalue weighted by Crippen LogP contribution is 2.77. The number of carbonyl (C=O) groups is 1. The molecule has 5 aliphatic carbocycles. The average Bonchev–Trinajstić information content (AvgIpc) is 3.44. The van der Waals surface area contributed by atoms with Crippen LogP contribution in [0.2, 0.25) is 0 Å². The molecule has 4 nitrogen and oxygen atoms in total. The molecule has 1 aromatic heterocycles. The molecule has 0 bridgehead atoms. The molecule has 0 aliphatic heterocycles. The molecular formula is C44H60N2O2. The topological polar surface area (TPSA) is 62.2 Å². The summed E-state index contributed by atoms with van der Waals surface area (Å²) in [5.74, 6) is 2.59. The van der Waals surface area contributed by atoms with Crippen molar-refractivity contribution >= 4 is 11.5 Å². The van der Waals surface area contributed by atoms with Crippen LogP contribution in [0.1, 0.15) is 121 Å². The summed E-state index contributed by atoms with van der Waals surface area (Å²) in [4.78, 5) is 16.1. The predicted molar refractivity (Wildman–Crippen MR) is 197 cm³/mol. The van der Waals surface area contributed by atoms with Crippen LogP contribution < -0.4 is 5.32 Å². The molecule has 2 aromatic rings. The zero-order chi connectivity index (χ0) is 34.1. The third-order valence-corrected chi connectivity index (χ3v) is 16.0. The summed E-state index contributed by atoms with van der Waals surface area (Å²) >= 11 is 0. The third-order valence-electron chi connectivity index (χ3n) is 16.0. The van der Waals surface area contributed by atoms with Gasteiger partial charge in [-0.25, -0.2) is 4.79 Å². The van der Waals surface area contributed by atoms with Gasteiger partial charge in [-0.3, -0.25) is 4.98 Å². The number of nitrogens with one attached hydrogen (secondary N) is 1. The summed E-state index contributed by atoms with van der Waals surface area (Å²) in [5.41, 5.74) is 6.92. The van der Waals surface area contributed by atoms with E-state index in [1.54, 1.807) is 12.1 Å². The molecule has 0 radical (unpaired) electrons. The quantitative estimate of drug-likeness (QED) is 0.221. The fourth-order valence-corrected chi connectivity index (χ4v) is 13.6. The van der Waals surface area contributed by atoms with E-state index in [1.807, 2.05) is 24.4 Å². The van der Waals surface area contributed by atoms with Gasteiger partial charge in [0.25, 0.3) is 0 Å². The number of benzene rings is 1. The van der Waals surface area contributed by atoms with E-state index in [4.69, 9.17) is 0 Å². The van der Waals surface area contributed by atoms with Crippen LogP contribution in [0, 0.1) is 56.7 Å². The minimum absolute atomic E-state index is 0.0377. The molecule has 9 atom stereocenters. The number of aromatic nitrogens is 1. The van der Waals surface area contributed by atoms with Gasteiger partial charge in [-0.05, 0) is 157 Å². The molecule has 4 saturated carbocycles. The number of hydrogen-bond acceptors (Lipinski definition) is 3. The van der Waals surface area contributed by atoms with Gasteiger partial charge in [0, 0.05) is 31.4 Å². The van der Waals surface area contributed by atoms with Gasteiger partial charge >= 0.3 is 5.97 Å². The van der Waals surface area contributed by atoms with Crippen molar-refractivity contribution in [1.29, 1.82) is 0 Å². The first kappa shape index (κ1) is 33.8. The van der Waals surface area contributed by atoms with Crippen LogP contribution in [-0.2, 0) is 6.42 Å². The fourth-order valence-electron chi connectivity index (χ4n) is 13.6. The Morgan fingerprint density at radius 2 is 1.69 bits per heavy atom. The number of allylic oxidation sites excluding steroid dienone is 3. The summed E-state index contributed by atoms with van der Waals surface area (Å²) in [6, 6.07) is 13.9. The van der Waals surface area contributed by atoms with E-state index in [1.165, 1.54) is 73.8 Å². The minimum atomic E-state index is -0.856. The van der Waals surface area contributed by atoms with Crippen LogP contribution in [0.4, 0.5) is 0 Å². The molecular weight excluding hydrogens is 588 g/mol. The maximum atomic E-state index is 11.5. The van der Waals surface area contributed by atoms with Gasteiger partial charge < -0.3 is 10.4 Å². The van der Waals surface area contributed by atoms with Crippen molar-refractivity contribution in [2.75, 3.05) is 13.1 Å². The van der Waals surface area contributed by atoms with Crippen molar-refractivity contribution < 1.29 is 9.90 Å². The second-order valence-electron chi connectivity index (χ2n) is 18.2. The van der Waals surface area contributed by atoms with Crippen molar-refractivity contribution in [3.8, 4) is 0 Å². The number of carboxylic acid groups (broad SMARTS) is 1. The Labute approximate surface area is 290 Å². The van der Waals surface area contributed by atoms with Gasteiger partial charge in [0.2, 0.25) is 0 Å². The number of aromatic carboxylic acids is 1. The summed E-state index contributed by atoms with van der Waals surface area (Å²) in [5, 5.41) is 13.5. The van der Waals surface area contributed by atoms with E-state index in [-0.39, 0.29) is 10.8 Å². The third kappa shape index (κ3) is 5.01. The Morgan fingerprint density at radius 1 is 0.917 bits per heavy atom. The highest BCUT2D eigenvalue weighted by molar-refractivity contribution is 5.88. The van der Waals surface area contributed by atoms with Crippen LogP contribution in [-0.4, -0.2) is 29.1 Å². The first-order valence-corrected chi connectivity index (χ1v) is 19.1. The smallest absolute Gasteiger partial charge is 0.335 e. The second-order valence-corrected chi connectivity index (χ2v) is 18.2. The zero-order valence-corrected chi connectivity index (χ0v) is 30.6. The van der Waals surface area contributed by atoms with Crippen molar-refractivity contribution in [3.05, 3.63) is 83.7 Å². The normalized spacial score (nSPS) is 39.7. The minimum Gasteiger partial charge on any atom is -0.478 e. The SMILES string of the molecule is C=C(C)C1CCC2(CNCCc3ccccn3)CCC3(C)C(CCC4C5(C)CC=C(c6ccc(C(=O)O)cc6)C(C)(C)C5CCC43C)C12. The van der Waals surface area contributed by atoms with Crippen LogP contribution in [0.5, 0.6) is 0 Å². The molecule has 1 aromatic carbocycles.